The Bertz CT molecular complexity index is 1170. The number of non-ortho nitro benzene ring substituents is 2. The summed E-state index contributed by atoms with van der Waals surface area (Å²) in [6.45, 7) is 10.8. The Morgan fingerprint density at radius 3 is 1.31 bits per heavy atom. The number of hydrogen-bond acceptors (Lipinski definition) is 8. The molecule has 42 heavy (non-hydrogen) atoms. The number of benzene rings is 2. The summed E-state index contributed by atoms with van der Waals surface area (Å²) in [5, 5.41) is 52.6. The zero-order chi connectivity index (χ0) is 30.2. The van der Waals surface area contributed by atoms with E-state index in [0.29, 0.717) is 10.2 Å². The zero-order valence-corrected chi connectivity index (χ0v) is 26.6. The van der Waals surface area contributed by atoms with Crippen LogP contribution in [-0.2, 0) is 58.6 Å². The fourth-order valence-corrected chi connectivity index (χ4v) is 3.59. The number of nitro groups is 2. The largest absolute Gasteiger partial charge is 2.00 e. The molecular formula is C24H30Cu2N8O6S2+2. The third-order valence-corrected chi connectivity index (χ3v) is 5.93. The molecule has 234 valence electrons. The van der Waals surface area contributed by atoms with Crippen molar-refractivity contribution < 1.29 is 54.2 Å². The Labute approximate surface area is 275 Å². The summed E-state index contributed by atoms with van der Waals surface area (Å²) in [5.41, 5.74) is 7.59. The van der Waals surface area contributed by atoms with Crippen molar-refractivity contribution in [1.29, 1.82) is 0 Å². The maximum absolute atomic E-state index is 11.5. The summed E-state index contributed by atoms with van der Waals surface area (Å²) in [6.07, 6.45) is 2.38. The number of nitro benzene ring substituents is 2. The van der Waals surface area contributed by atoms with Crippen LogP contribution in [0.25, 0.3) is 10.9 Å². The van der Waals surface area contributed by atoms with Crippen molar-refractivity contribution in [2.24, 2.45) is 10.2 Å². The van der Waals surface area contributed by atoms with Crippen LogP contribution in [0, 0.1) is 20.2 Å². The standard InChI is InChI=1S/2C12H16N4O3S.2Cu/c2*1-3-15(4-2)12(20)14-13-8-9-7-10(16(18)19)5-6-11(9)17;;/h2*5-8H,3-4H2,1-2H3,(H2,13,14,17,20);;/q;;2*+2/p-2. The Hall–Kier alpha value is -3.08. The monoisotopic (exact) mass is 716 g/mol. The molecule has 0 aromatic heterocycles. The van der Waals surface area contributed by atoms with Crippen LogP contribution in [0.1, 0.15) is 38.8 Å². The van der Waals surface area contributed by atoms with Crippen molar-refractivity contribution in [2.75, 3.05) is 26.2 Å². The molecule has 14 nitrogen and oxygen atoms in total. The van der Waals surface area contributed by atoms with Gasteiger partial charge in [-0.1, -0.05) is 51.3 Å². The predicted octanol–water partition coefficient (Wildman–Crippen LogP) is 2.16. The van der Waals surface area contributed by atoms with Crippen molar-refractivity contribution in [3.05, 3.63) is 78.6 Å². The summed E-state index contributed by atoms with van der Waals surface area (Å²) < 4.78 is 0. The molecule has 0 N–H and O–H groups in total. The molecule has 0 spiro atoms. The minimum absolute atomic E-state index is 0. The Balaban J connectivity index is 0. The zero-order valence-electron chi connectivity index (χ0n) is 23.0. The number of rotatable bonds is 10. The van der Waals surface area contributed by atoms with Gasteiger partial charge in [0.1, 0.15) is 0 Å². The van der Waals surface area contributed by atoms with E-state index >= 15 is 0 Å². The summed E-state index contributed by atoms with van der Waals surface area (Å²) in [6, 6.07) is 6.91. The van der Waals surface area contributed by atoms with E-state index in [1.807, 2.05) is 37.5 Å². The third-order valence-electron chi connectivity index (χ3n) is 5.19. The Morgan fingerprint density at radius 2 is 1.05 bits per heavy atom. The molecule has 2 aromatic carbocycles. The third kappa shape index (κ3) is 13.7. The number of hydrogen-bond donors (Lipinski definition) is 0. The van der Waals surface area contributed by atoms with Gasteiger partial charge in [-0.25, -0.2) is 9.80 Å². The smallest absolute Gasteiger partial charge is 0.872 e. The minimum atomic E-state index is -0.569. The Morgan fingerprint density at radius 1 is 0.738 bits per heavy atom. The van der Waals surface area contributed by atoms with Crippen molar-refractivity contribution in [2.45, 2.75) is 27.7 Å². The molecule has 0 saturated carbocycles. The average Bonchev–Trinajstić information content (AvgIpc) is 2.92. The topological polar surface area (TPSA) is 192 Å². The first-order valence-electron chi connectivity index (χ1n) is 12.0. The summed E-state index contributed by atoms with van der Waals surface area (Å²) in [4.78, 5) is 23.8. The second-order valence-corrected chi connectivity index (χ2v) is 8.39. The van der Waals surface area contributed by atoms with E-state index in [-0.39, 0.29) is 68.1 Å². The van der Waals surface area contributed by atoms with Crippen LogP contribution in [-0.4, -0.2) is 68.5 Å². The first-order chi connectivity index (χ1) is 19.0. The molecule has 0 aliphatic heterocycles. The summed E-state index contributed by atoms with van der Waals surface area (Å²) in [7, 11) is 0. The molecule has 0 atom stereocenters. The van der Waals surface area contributed by atoms with E-state index in [9.17, 15) is 30.4 Å². The fraction of sp³-hybridized carbons (Fsp3) is 0.333. The second kappa shape index (κ2) is 21.6. The average molecular weight is 718 g/mol. The molecule has 2 radical (unpaired) electrons. The van der Waals surface area contributed by atoms with Crippen molar-refractivity contribution in [3.8, 4) is 11.5 Å². The van der Waals surface area contributed by atoms with Crippen molar-refractivity contribution >= 4 is 58.5 Å². The van der Waals surface area contributed by atoms with Crippen LogP contribution in [0.4, 0.5) is 11.4 Å². The summed E-state index contributed by atoms with van der Waals surface area (Å²) >= 11 is 8.37. The molecule has 2 rings (SSSR count). The molecular weight excluding hydrogens is 688 g/mol. The molecule has 18 heteroatoms. The van der Waals surface area contributed by atoms with E-state index in [4.69, 9.17) is 0 Å². The fourth-order valence-electron chi connectivity index (χ4n) is 2.93. The molecule has 0 amide bonds. The van der Waals surface area contributed by atoms with Crippen LogP contribution < -0.4 is 10.2 Å². The van der Waals surface area contributed by atoms with E-state index in [2.05, 4.69) is 45.5 Å². The normalized spacial score (nSPS) is 10.4. The van der Waals surface area contributed by atoms with Gasteiger partial charge in [-0.2, -0.15) is 0 Å². The van der Waals surface area contributed by atoms with Crippen LogP contribution in [0.15, 0.2) is 46.6 Å². The Kier molecular flexibility index (Phi) is 21.1. The van der Waals surface area contributed by atoms with Crippen LogP contribution in [0.5, 0.6) is 11.5 Å². The molecule has 0 aliphatic carbocycles. The van der Waals surface area contributed by atoms with Gasteiger partial charge >= 0.3 is 34.1 Å². The van der Waals surface area contributed by atoms with Gasteiger partial charge in [0.05, 0.1) is 9.85 Å². The van der Waals surface area contributed by atoms with Gasteiger partial charge in [-0.05, 0) is 11.1 Å². The van der Waals surface area contributed by atoms with Gasteiger partial charge in [-0.15, -0.1) is 0 Å². The van der Waals surface area contributed by atoms with E-state index in [0.717, 1.165) is 62.6 Å². The maximum atomic E-state index is 11.5. The SMILES string of the molecule is CCN(CC)C(=[SH+])[N-]N=Cc1cc([N+](=O)[O-])ccc1[O-].CCN(CC)C(=[SH+])[N-]N=Cc1cc([N+](=O)[O-])ccc1[O-].[Cu+2].[Cu+2]. The quantitative estimate of drug-likeness (QED) is 0.0679. The summed E-state index contributed by atoms with van der Waals surface area (Å²) in [5.74, 6) is -0.698. The molecule has 0 unspecified atom stereocenters. The van der Waals surface area contributed by atoms with E-state index in [1.54, 1.807) is 0 Å². The van der Waals surface area contributed by atoms with Crippen LogP contribution in [0.3, 0.4) is 0 Å². The predicted molar refractivity (Wildman–Crippen MR) is 160 cm³/mol. The van der Waals surface area contributed by atoms with Crippen LogP contribution in [0.2, 0.25) is 0 Å². The number of thiol groups is 2. The van der Waals surface area contributed by atoms with E-state index in [1.165, 1.54) is 12.4 Å². The van der Waals surface area contributed by atoms with E-state index < -0.39 is 9.85 Å². The molecule has 0 aliphatic rings. The second-order valence-electron chi connectivity index (χ2n) is 7.59. The molecule has 0 bridgehead atoms. The van der Waals surface area contributed by atoms with Gasteiger partial charge in [0, 0.05) is 62.9 Å². The molecule has 0 heterocycles. The molecule has 0 saturated heterocycles. The molecule has 2 aromatic rings. The van der Waals surface area contributed by atoms with Gasteiger partial charge in [0.15, 0.2) is 34.7 Å². The van der Waals surface area contributed by atoms with Crippen molar-refractivity contribution in [3.63, 3.8) is 0 Å². The first kappa shape index (κ1) is 41.1. The minimum Gasteiger partial charge on any atom is -0.872 e. The van der Waals surface area contributed by atoms with Crippen molar-refractivity contribution in [1.82, 2.24) is 9.80 Å². The first-order valence-corrected chi connectivity index (χ1v) is 12.9. The maximum Gasteiger partial charge on any atom is 2.00 e. The van der Waals surface area contributed by atoms with Gasteiger partial charge in [0.25, 0.3) is 11.4 Å². The van der Waals surface area contributed by atoms with Crippen LogP contribution >= 0.6 is 0 Å². The van der Waals surface area contributed by atoms with Gasteiger partial charge in [-0.3, -0.25) is 20.2 Å². The molecule has 0 fully saturated rings. The van der Waals surface area contributed by atoms with Gasteiger partial charge in [0.2, 0.25) is 0 Å². The van der Waals surface area contributed by atoms with Gasteiger partial charge < -0.3 is 31.3 Å². The number of nitrogens with zero attached hydrogens (tertiary/aromatic N) is 8.